The highest BCUT2D eigenvalue weighted by molar-refractivity contribution is 5.78. The number of nitriles is 1. The van der Waals surface area contributed by atoms with Crippen LogP contribution in [0.15, 0.2) is 18.2 Å². The summed E-state index contributed by atoms with van der Waals surface area (Å²) in [6, 6.07) is 6.34. The molecule has 1 aromatic rings. The molecule has 0 aliphatic carbocycles. The van der Waals surface area contributed by atoms with E-state index in [4.69, 9.17) is 15.1 Å². The molecule has 1 aromatic carbocycles. The molecule has 0 spiro atoms. The van der Waals surface area contributed by atoms with Gasteiger partial charge >= 0.3 is 5.97 Å². The van der Waals surface area contributed by atoms with Crippen molar-refractivity contribution in [2.75, 3.05) is 19.0 Å². The van der Waals surface area contributed by atoms with Gasteiger partial charge in [-0.25, -0.2) is 4.79 Å². The maximum atomic E-state index is 11.0. The lowest BCUT2D eigenvalue weighted by molar-refractivity contribution is -0.139. The Bertz CT molecular complexity index is 452. The van der Waals surface area contributed by atoms with Crippen LogP contribution in [0.1, 0.15) is 11.1 Å². The zero-order valence-corrected chi connectivity index (χ0v) is 9.73. The number of hydrogen-bond donors (Lipinski definition) is 2. The molecule has 0 aromatic heterocycles. The first kappa shape index (κ1) is 13.0. The summed E-state index contributed by atoms with van der Waals surface area (Å²) < 4.78 is 4.81. The van der Waals surface area contributed by atoms with Crippen molar-refractivity contribution in [2.45, 2.75) is 13.0 Å². The van der Waals surface area contributed by atoms with E-state index >= 15 is 0 Å². The van der Waals surface area contributed by atoms with Crippen LogP contribution in [0.2, 0.25) is 0 Å². The molecule has 0 saturated carbocycles. The van der Waals surface area contributed by atoms with Gasteiger partial charge in [0.05, 0.1) is 17.9 Å². The minimum Gasteiger partial charge on any atom is -0.480 e. The highest BCUT2D eigenvalue weighted by Gasteiger charge is 2.18. The standard InChI is InChI=1S/C12H14N2O3/c1-8-3-4-9(6-13)10(5-8)14-11(7-17-2)12(15)16/h3-5,11,14H,7H2,1-2H3,(H,15,16). The predicted octanol–water partition coefficient (Wildman–Crippen LogP) is 1.38. The molecule has 1 unspecified atom stereocenters. The summed E-state index contributed by atoms with van der Waals surface area (Å²) in [5.74, 6) is -1.02. The fourth-order valence-electron chi connectivity index (χ4n) is 1.40. The lowest BCUT2D eigenvalue weighted by atomic mass is 10.1. The minimum atomic E-state index is -1.02. The van der Waals surface area contributed by atoms with Gasteiger partial charge in [0, 0.05) is 7.11 Å². The zero-order valence-electron chi connectivity index (χ0n) is 9.73. The van der Waals surface area contributed by atoms with Crippen LogP contribution >= 0.6 is 0 Å². The Labute approximate surface area is 99.6 Å². The molecule has 0 radical (unpaired) electrons. The number of carbonyl (C=O) groups is 1. The third-order valence-electron chi connectivity index (χ3n) is 2.26. The van der Waals surface area contributed by atoms with Crippen LogP contribution in [0.25, 0.3) is 0 Å². The van der Waals surface area contributed by atoms with Crippen molar-refractivity contribution in [3.63, 3.8) is 0 Å². The summed E-state index contributed by atoms with van der Waals surface area (Å²) >= 11 is 0. The maximum absolute atomic E-state index is 11.0. The van der Waals surface area contributed by atoms with Crippen LogP contribution in [-0.4, -0.2) is 30.8 Å². The van der Waals surface area contributed by atoms with Crippen molar-refractivity contribution in [3.05, 3.63) is 29.3 Å². The van der Waals surface area contributed by atoms with Crippen LogP contribution in [0, 0.1) is 18.3 Å². The van der Waals surface area contributed by atoms with Gasteiger partial charge in [0.25, 0.3) is 0 Å². The van der Waals surface area contributed by atoms with Crippen LogP contribution in [0.3, 0.4) is 0 Å². The number of aryl methyl sites for hydroxylation is 1. The van der Waals surface area contributed by atoms with E-state index in [9.17, 15) is 4.79 Å². The Balaban J connectivity index is 2.96. The summed E-state index contributed by atoms with van der Waals surface area (Å²) in [6.07, 6.45) is 0. The fourth-order valence-corrected chi connectivity index (χ4v) is 1.40. The molecular formula is C12H14N2O3. The van der Waals surface area contributed by atoms with Crippen LogP contribution in [-0.2, 0) is 9.53 Å². The molecule has 0 aliphatic rings. The number of aliphatic carboxylic acids is 1. The lowest BCUT2D eigenvalue weighted by Crippen LogP contribution is -2.33. The number of ether oxygens (including phenoxy) is 1. The predicted molar refractivity (Wildman–Crippen MR) is 62.8 cm³/mol. The van der Waals surface area contributed by atoms with Gasteiger partial charge in [-0.15, -0.1) is 0 Å². The topological polar surface area (TPSA) is 82.3 Å². The van der Waals surface area contributed by atoms with Crippen molar-refractivity contribution in [1.82, 2.24) is 0 Å². The summed E-state index contributed by atoms with van der Waals surface area (Å²) in [4.78, 5) is 11.0. The summed E-state index contributed by atoms with van der Waals surface area (Å²) in [5.41, 5.74) is 1.88. The second kappa shape index (κ2) is 5.87. The van der Waals surface area contributed by atoms with Crippen LogP contribution in [0.4, 0.5) is 5.69 Å². The molecular weight excluding hydrogens is 220 g/mol. The van der Waals surface area contributed by atoms with Gasteiger partial charge < -0.3 is 15.2 Å². The van der Waals surface area contributed by atoms with E-state index in [1.807, 2.05) is 13.0 Å². The fraction of sp³-hybridized carbons (Fsp3) is 0.333. The maximum Gasteiger partial charge on any atom is 0.328 e. The molecule has 5 nitrogen and oxygen atoms in total. The molecule has 90 valence electrons. The van der Waals surface area contributed by atoms with Crippen LogP contribution in [0.5, 0.6) is 0 Å². The second-order valence-electron chi connectivity index (χ2n) is 3.65. The molecule has 0 heterocycles. The number of methoxy groups -OCH3 is 1. The Morgan fingerprint density at radius 2 is 2.35 bits per heavy atom. The number of anilines is 1. The molecule has 0 bridgehead atoms. The first-order valence-corrected chi connectivity index (χ1v) is 5.07. The SMILES string of the molecule is COCC(Nc1cc(C)ccc1C#N)C(=O)O. The molecule has 0 aliphatic heterocycles. The molecule has 1 rings (SSSR count). The first-order chi connectivity index (χ1) is 8.08. The monoisotopic (exact) mass is 234 g/mol. The third-order valence-corrected chi connectivity index (χ3v) is 2.26. The van der Waals surface area contributed by atoms with Gasteiger partial charge in [-0.05, 0) is 24.6 Å². The summed E-state index contributed by atoms with van der Waals surface area (Å²) in [7, 11) is 1.43. The number of nitrogens with one attached hydrogen (secondary N) is 1. The average Bonchev–Trinajstić information content (AvgIpc) is 2.28. The highest BCUT2D eigenvalue weighted by atomic mass is 16.5. The molecule has 5 heteroatoms. The quantitative estimate of drug-likeness (QED) is 0.804. The smallest absolute Gasteiger partial charge is 0.328 e. The summed E-state index contributed by atoms with van der Waals surface area (Å²) in [5, 5.41) is 20.7. The summed E-state index contributed by atoms with van der Waals surface area (Å²) in [6.45, 7) is 1.91. The van der Waals surface area contributed by atoms with Gasteiger partial charge in [-0.3, -0.25) is 0 Å². The van der Waals surface area contributed by atoms with Crippen molar-refractivity contribution >= 4 is 11.7 Å². The third kappa shape index (κ3) is 3.47. The molecule has 0 saturated heterocycles. The molecule has 0 fully saturated rings. The zero-order chi connectivity index (χ0) is 12.8. The number of nitrogens with zero attached hydrogens (tertiary/aromatic N) is 1. The number of hydrogen-bond acceptors (Lipinski definition) is 4. The van der Waals surface area contributed by atoms with E-state index < -0.39 is 12.0 Å². The highest BCUT2D eigenvalue weighted by Crippen LogP contribution is 2.17. The van der Waals surface area contributed by atoms with Gasteiger partial charge in [-0.2, -0.15) is 5.26 Å². The van der Waals surface area contributed by atoms with Gasteiger partial charge in [-0.1, -0.05) is 6.07 Å². The lowest BCUT2D eigenvalue weighted by Gasteiger charge is -2.16. The Morgan fingerprint density at radius 3 is 2.88 bits per heavy atom. The first-order valence-electron chi connectivity index (χ1n) is 5.07. The van der Waals surface area contributed by atoms with Gasteiger partial charge in [0.2, 0.25) is 0 Å². The number of rotatable bonds is 5. The molecule has 17 heavy (non-hydrogen) atoms. The molecule has 0 amide bonds. The van der Waals surface area contributed by atoms with E-state index in [1.165, 1.54) is 7.11 Å². The Kier molecular flexibility index (Phi) is 4.49. The van der Waals surface area contributed by atoms with Gasteiger partial charge in [0.1, 0.15) is 12.1 Å². The number of benzene rings is 1. The molecule has 2 N–H and O–H groups in total. The number of carboxylic acid groups (broad SMARTS) is 1. The number of carboxylic acids is 1. The normalized spacial score (nSPS) is 11.6. The average molecular weight is 234 g/mol. The minimum absolute atomic E-state index is 0.0359. The van der Waals surface area contributed by atoms with E-state index in [1.54, 1.807) is 18.2 Å². The Hall–Kier alpha value is -2.06. The molecule has 1 atom stereocenters. The van der Waals surface area contributed by atoms with E-state index in [0.29, 0.717) is 11.3 Å². The van der Waals surface area contributed by atoms with E-state index in [2.05, 4.69) is 5.32 Å². The Morgan fingerprint density at radius 1 is 1.65 bits per heavy atom. The van der Waals surface area contributed by atoms with E-state index in [-0.39, 0.29) is 6.61 Å². The largest absolute Gasteiger partial charge is 0.480 e. The van der Waals surface area contributed by atoms with Crippen molar-refractivity contribution in [2.24, 2.45) is 0 Å². The van der Waals surface area contributed by atoms with Gasteiger partial charge in [0.15, 0.2) is 0 Å². The van der Waals surface area contributed by atoms with Crippen molar-refractivity contribution in [1.29, 1.82) is 5.26 Å². The van der Waals surface area contributed by atoms with E-state index in [0.717, 1.165) is 5.56 Å². The van der Waals surface area contributed by atoms with Crippen molar-refractivity contribution < 1.29 is 14.6 Å². The van der Waals surface area contributed by atoms with Crippen molar-refractivity contribution in [3.8, 4) is 6.07 Å². The van der Waals surface area contributed by atoms with Crippen LogP contribution < -0.4 is 5.32 Å². The second-order valence-corrected chi connectivity index (χ2v) is 3.65.